The Morgan fingerprint density at radius 2 is 2.11 bits per heavy atom. The lowest BCUT2D eigenvalue weighted by molar-refractivity contribution is -0.140. The first-order valence-electron chi connectivity index (χ1n) is 6.21. The van der Waals surface area contributed by atoms with Gasteiger partial charge in [0.1, 0.15) is 0 Å². The van der Waals surface area contributed by atoms with E-state index in [1.54, 1.807) is 6.20 Å². The molecule has 6 nitrogen and oxygen atoms in total. The Balaban J connectivity index is 2.04. The number of amides is 2. The highest BCUT2D eigenvalue weighted by Gasteiger charge is 2.02. The van der Waals surface area contributed by atoms with Crippen molar-refractivity contribution in [2.45, 2.75) is 25.8 Å². The number of esters is 1. The molecule has 19 heavy (non-hydrogen) atoms. The molecule has 0 fully saturated rings. The van der Waals surface area contributed by atoms with Crippen molar-refractivity contribution in [1.29, 1.82) is 0 Å². The Morgan fingerprint density at radius 1 is 1.26 bits per heavy atom. The predicted molar refractivity (Wildman–Crippen MR) is 70.3 cm³/mol. The smallest absolute Gasteiger partial charge is 0.315 e. The van der Waals surface area contributed by atoms with Crippen molar-refractivity contribution in [1.82, 2.24) is 15.6 Å². The molecule has 0 spiro atoms. The summed E-state index contributed by atoms with van der Waals surface area (Å²) in [4.78, 5) is 26.4. The summed E-state index contributed by atoms with van der Waals surface area (Å²) < 4.78 is 4.52. The van der Waals surface area contributed by atoms with Crippen LogP contribution in [0.5, 0.6) is 0 Å². The number of unbranched alkanes of at least 4 members (excludes halogenated alkanes) is 1. The third-order valence-corrected chi connectivity index (χ3v) is 2.48. The van der Waals surface area contributed by atoms with Crippen LogP contribution in [0, 0.1) is 0 Å². The van der Waals surface area contributed by atoms with Gasteiger partial charge in [0, 0.05) is 19.2 Å². The minimum Gasteiger partial charge on any atom is -0.469 e. The molecule has 6 heteroatoms. The maximum absolute atomic E-state index is 11.4. The topological polar surface area (TPSA) is 80.3 Å². The lowest BCUT2D eigenvalue weighted by atomic mass is 10.2. The SMILES string of the molecule is COC(=O)CCCCNC(=O)NCc1ccccn1. The van der Waals surface area contributed by atoms with Gasteiger partial charge in [0.2, 0.25) is 0 Å². The van der Waals surface area contributed by atoms with Gasteiger partial charge in [-0.25, -0.2) is 4.79 Å². The van der Waals surface area contributed by atoms with E-state index in [-0.39, 0.29) is 12.0 Å². The molecule has 104 valence electrons. The van der Waals surface area contributed by atoms with Crippen LogP contribution in [0.1, 0.15) is 25.0 Å². The molecule has 1 aromatic rings. The molecule has 0 radical (unpaired) electrons. The van der Waals surface area contributed by atoms with E-state index in [2.05, 4.69) is 20.4 Å². The zero-order valence-corrected chi connectivity index (χ0v) is 11.0. The van der Waals surface area contributed by atoms with Crippen LogP contribution in [0.25, 0.3) is 0 Å². The molecule has 1 aromatic heterocycles. The Morgan fingerprint density at radius 3 is 2.79 bits per heavy atom. The minimum absolute atomic E-state index is 0.223. The highest BCUT2D eigenvalue weighted by Crippen LogP contribution is 1.96. The van der Waals surface area contributed by atoms with Crippen LogP contribution in [0.2, 0.25) is 0 Å². The van der Waals surface area contributed by atoms with Crippen LogP contribution in [0.4, 0.5) is 4.79 Å². The summed E-state index contributed by atoms with van der Waals surface area (Å²) in [5.74, 6) is -0.223. The summed E-state index contributed by atoms with van der Waals surface area (Å²) >= 11 is 0. The van der Waals surface area contributed by atoms with E-state index < -0.39 is 0 Å². The van der Waals surface area contributed by atoms with Gasteiger partial charge in [-0.2, -0.15) is 0 Å². The third kappa shape index (κ3) is 7.03. The quantitative estimate of drug-likeness (QED) is 0.574. The molecular weight excluding hydrogens is 246 g/mol. The van der Waals surface area contributed by atoms with Gasteiger partial charge < -0.3 is 15.4 Å². The maximum atomic E-state index is 11.4. The molecular formula is C13H19N3O3. The van der Waals surface area contributed by atoms with E-state index in [1.807, 2.05) is 18.2 Å². The van der Waals surface area contributed by atoms with Crippen LogP contribution in [0.3, 0.4) is 0 Å². The summed E-state index contributed by atoms with van der Waals surface area (Å²) in [5, 5.41) is 5.42. The van der Waals surface area contributed by atoms with Crippen molar-refractivity contribution >= 4 is 12.0 Å². The lowest BCUT2D eigenvalue weighted by Crippen LogP contribution is -2.35. The summed E-state index contributed by atoms with van der Waals surface area (Å²) in [7, 11) is 1.37. The second-order valence-electron chi connectivity index (χ2n) is 3.96. The molecule has 0 unspecified atom stereocenters. The van der Waals surface area contributed by atoms with Crippen molar-refractivity contribution < 1.29 is 14.3 Å². The summed E-state index contributed by atoms with van der Waals surface area (Å²) in [6.45, 7) is 0.930. The lowest BCUT2D eigenvalue weighted by Gasteiger charge is -2.06. The number of carbonyl (C=O) groups is 2. The van der Waals surface area contributed by atoms with Crippen LogP contribution in [-0.2, 0) is 16.1 Å². The van der Waals surface area contributed by atoms with Gasteiger partial charge in [-0.3, -0.25) is 9.78 Å². The van der Waals surface area contributed by atoms with Crippen LogP contribution >= 0.6 is 0 Å². The fraction of sp³-hybridized carbons (Fsp3) is 0.462. The molecule has 0 atom stereocenters. The number of hydrogen-bond acceptors (Lipinski definition) is 4. The Bertz CT molecular complexity index is 395. The molecule has 2 amide bonds. The van der Waals surface area contributed by atoms with Crippen LogP contribution in [-0.4, -0.2) is 30.6 Å². The van der Waals surface area contributed by atoms with Crippen molar-refractivity contribution in [3.8, 4) is 0 Å². The Hall–Kier alpha value is -2.11. The first-order chi connectivity index (χ1) is 9.22. The van der Waals surface area contributed by atoms with Crippen molar-refractivity contribution in [2.24, 2.45) is 0 Å². The fourth-order valence-electron chi connectivity index (χ4n) is 1.43. The second kappa shape index (κ2) is 8.91. The fourth-order valence-corrected chi connectivity index (χ4v) is 1.43. The number of pyridine rings is 1. The zero-order valence-electron chi connectivity index (χ0n) is 11.0. The maximum Gasteiger partial charge on any atom is 0.315 e. The van der Waals surface area contributed by atoms with Gasteiger partial charge in [0.15, 0.2) is 0 Å². The molecule has 0 aromatic carbocycles. The molecule has 0 saturated heterocycles. The third-order valence-electron chi connectivity index (χ3n) is 2.48. The number of methoxy groups -OCH3 is 1. The summed E-state index contributed by atoms with van der Waals surface area (Å²) in [5.41, 5.74) is 0.809. The standard InChI is InChI=1S/C13H19N3O3/c1-19-12(17)7-3-5-9-15-13(18)16-10-11-6-2-4-8-14-11/h2,4,6,8H,3,5,7,9-10H2,1H3,(H2,15,16,18). The number of carbonyl (C=O) groups excluding carboxylic acids is 2. The number of nitrogens with one attached hydrogen (secondary N) is 2. The largest absolute Gasteiger partial charge is 0.469 e. The van der Waals surface area contributed by atoms with Gasteiger partial charge in [0.05, 0.1) is 19.3 Å². The monoisotopic (exact) mass is 265 g/mol. The molecule has 1 heterocycles. The normalized spacial score (nSPS) is 9.74. The molecule has 2 N–H and O–H groups in total. The molecule has 0 aliphatic rings. The van der Waals surface area contributed by atoms with E-state index in [0.717, 1.165) is 12.1 Å². The van der Waals surface area contributed by atoms with E-state index in [1.165, 1.54) is 7.11 Å². The number of aromatic nitrogens is 1. The van der Waals surface area contributed by atoms with Crippen molar-refractivity contribution in [3.05, 3.63) is 30.1 Å². The van der Waals surface area contributed by atoms with Gasteiger partial charge in [0.25, 0.3) is 0 Å². The zero-order chi connectivity index (χ0) is 13.9. The van der Waals surface area contributed by atoms with E-state index in [9.17, 15) is 9.59 Å². The highest BCUT2D eigenvalue weighted by atomic mass is 16.5. The van der Waals surface area contributed by atoms with Gasteiger partial charge >= 0.3 is 12.0 Å². The van der Waals surface area contributed by atoms with Crippen LogP contribution in [0.15, 0.2) is 24.4 Å². The molecule has 0 bridgehead atoms. The molecule has 0 aliphatic carbocycles. The second-order valence-corrected chi connectivity index (χ2v) is 3.96. The van der Waals surface area contributed by atoms with Gasteiger partial charge in [-0.05, 0) is 25.0 Å². The first-order valence-corrected chi connectivity index (χ1v) is 6.21. The number of hydrogen-bond donors (Lipinski definition) is 2. The van der Waals surface area contributed by atoms with Gasteiger partial charge in [-0.1, -0.05) is 6.07 Å². The number of ether oxygens (including phenoxy) is 1. The van der Waals surface area contributed by atoms with E-state index >= 15 is 0 Å². The molecule has 0 saturated carbocycles. The Labute approximate surface area is 112 Å². The van der Waals surface area contributed by atoms with E-state index in [0.29, 0.717) is 25.9 Å². The van der Waals surface area contributed by atoms with Crippen molar-refractivity contribution in [2.75, 3.05) is 13.7 Å². The number of rotatable bonds is 7. The van der Waals surface area contributed by atoms with Crippen molar-refractivity contribution in [3.63, 3.8) is 0 Å². The summed E-state index contributed by atoms with van der Waals surface area (Å²) in [6.07, 6.45) is 3.51. The average Bonchev–Trinajstić information content (AvgIpc) is 2.45. The van der Waals surface area contributed by atoms with Crippen LogP contribution < -0.4 is 10.6 Å². The highest BCUT2D eigenvalue weighted by molar-refractivity contribution is 5.73. The van der Waals surface area contributed by atoms with Gasteiger partial charge in [-0.15, -0.1) is 0 Å². The number of urea groups is 1. The molecule has 1 rings (SSSR count). The number of nitrogens with zero attached hydrogens (tertiary/aromatic N) is 1. The predicted octanol–water partition coefficient (Wildman–Crippen LogP) is 1.22. The molecule has 0 aliphatic heterocycles. The average molecular weight is 265 g/mol. The van der Waals surface area contributed by atoms with E-state index in [4.69, 9.17) is 0 Å². The summed E-state index contributed by atoms with van der Waals surface area (Å²) in [6, 6.07) is 5.31. The minimum atomic E-state index is -0.233. The Kier molecular flexibility index (Phi) is 7.01. The first kappa shape index (κ1) is 14.9.